The number of aliphatic imine (C=N–C) groups is 1. The molecule has 1 unspecified atom stereocenters. The van der Waals surface area contributed by atoms with Crippen LogP contribution < -0.4 is 22.1 Å². The van der Waals surface area contributed by atoms with Gasteiger partial charge in [0.25, 0.3) is 5.69 Å². The molecule has 6 N–H and O–H groups in total. The average Bonchev–Trinajstić information content (AvgIpc) is 2.61. The van der Waals surface area contributed by atoms with Gasteiger partial charge in [0, 0.05) is 11.6 Å². The van der Waals surface area contributed by atoms with Gasteiger partial charge in [0.05, 0.1) is 16.2 Å². The van der Waals surface area contributed by atoms with E-state index in [-0.39, 0.29) is 45.7 Å². The van der Waals surface area contributed by atoms with Crippen molar-refractivity contribution in [3.05, 3.63) is 51.1 Å². The summed E-state index contributed by atoms with van der Waals surface area (Å²) in [4.78, 5) is 19.2. The van der Waals surface area contributed by atoms with E-state index in [9.17, 15) is 15.4 Å². The Morgan fingerprint density at radius 2 is 2.04 bits per heavy atom. The van der Waals surface area contributed by atoms with Gasteiger partial charge in [-0.25, -0.2) is 9.98 Å². The van der Waals surface area contributed by atoms with E-state index in [4.69, 9.17) is 16.7 Å². The van der Waals surface area contributed by atoms with Crippen LogP contribution in [0.4, 0.5) is 23.0 Å². The second kappa shape index (κ2) is 6.26. The zero-order valence-corrected chi connectivity index (χ0v) is 13.1. The molecule has 0 amide bonds. The fraction of sp³-hybridized carbons (Fsp3) is 0.0667. The van der Waals surface area contributed by atoms with E-state index in [2.05, 4.69) is 20.6 Å². The second-order valence-corrected chi connectivity index (χ2v) is 5.22. The van der Waals surface area contributed by atoms with Crippen molar-refractivity contribution in [1.82, 2.24) is 10.3 Å². The molecule has 1 aromatic heterocycles. The van der Waals surface area contributed by atoms with Gasteiger partial charge in [0.2, 0.25) is 5.96 Å². The van der Waals surface area contributed by atoms with Crippen molar-refractivity contribution in [2.45, 2.75) is 6.04 Å². The number of nitrogen functional groups attached to an aromatic ring is 2. The lowest BCUT2D eigenvalue weighted by Crippen LogP contribution is -2.33. The Kier molecular flexibility index (Phi) is 3.96. The molecule has 0 saturated carbocycles. The molecule has 1 aliphatic heterocycles. The maximum absolute atomic E-state index is 11.4. The fourth-order valence-corrected chi connectivity index (χ4v) is 2.69. The summed E-state index contributed by atoms with van der Waals surface area (Å²) in [6.07, 6.45) is 1.71. The first-order valence-corrected chi connectivity index (χ1v) is 7.20. The molecule has 0 bridgehead atoms. The van der Waals surface area contributed by atoms with Crippen molar-refractivity contribution in [2.75, 3.05) is 16.8 Å². The van der Waals surface area contributed by atoms with E-state index in [1.165, 1.54) is 18.2 Å². The largest absolute Gasteiger partial charge is 0.397 e. The van der Waals surface area contributed by atoms with Crippen molar-refractivity contribution >= 4 is 29.0 Å². The highest BCUT2D eigenvalue weighted by molar-refractivity contribution is 5.98. The van der Waals surface area contributed by atoms with Crippen LogP contribution in [-0.2, 0) is 0 Å². The highest BCUT2D eigenvalue weighted by Crippen LogP contribution is 2.42. The van der Waals surface area contributed by atoms with Crippen LogP contribution >= 0.6 is 0 Å². The Hall–Kier alpha value is -4.38. The number of hydrogen-bond acceptors (Lipinski definition) is 10. The number of nitrogens with zero attached hydrogens (tertiary/aromatic N) is 5. The topological polar surface area (TPSA) is 192 Å². The fourth-order valence-electron chi connectivity index (χ4n) is 2.69. The minimum Gasteiger partial charge on any atom is -0.397 e. The molecule has 128 valence electrons. The normalized spacial score (nSPS) is 14.8. The number of guanidine groups is 1. The number of benzene rings is 1. The number of rotatable bonds is 2. The minimum absolute atomic E-state index is 0.0189. The molecule has 26 heavy (non-hydrogen) atoms. The summed E-state index contributed by atoms with van der Waals surface area (Å²) in [5.41, 5.74) is 12.1. The monoisotopic (exact) mass is 349 g/mol. The van der Waals surface area contributed by atoms with Gasteiger partial charge in [-0.2, -0.15) is 10.5 Å². The molecule has 2 aromatic rings. The van der Waals surface area contributed by atoms with Gasteiger partial charge in [-0.1, -0.05) is 12.1 Å². The molecule has 0 spiro atoms. The zero-order valence-electron chi connectivity index (χ0n) is 13.1. The predicted octanol–water partition coefficient (Wildman–Crippen LogP) is 0.967. The lowest BCUT2D eigenvalue weighted by Gasteiger charge is -2.25. The zero-order chi connectivity index (χ0) is 18.8. The van der Waals surface area contributed by atoms with Crippen molar-refractivity contribution in [2.24, 2.45) is 4.99 Å². The second-order valence-electron chi connectivity index (χ2n) is 5.22. The van der Waals surface area contributed by atoms with Crippen LogP contribution in [0.2, 0.25) is 0 Å². The number of nitro groups is 1. The lowest BCUT2D eigenvalue weighted by atomic mass is 9.94. The van der Waals surface area contributed by atoms with Crippen molar-refractivity contribution in [3.63, 3.8) is 0 Å². The first-order valence-electron chi connectivity index (χ1n) is 7.20. The quantitative estimate of drug-likeness (QED) is 0.264. The number of aromatic nitrogens is 1. The molecule has 0 saturated heterocycles. The summed E-state index contributed by atoms with van der Waals surface area (Å²) in [6.45, 7) is 0. The Morgan fingerprint density at radius 1 is 1.31 bits per heavy atom. The molecule has 1 atom stereocenters. The third-order valence-corrected chi connectivity index (χ3v) is 3.79. The molecule has 2 heterocycles. The van der Waals surface area contributed by atoms with E-state index < -0.39 is 11.0 Å². The van der Waals surface area contributed by atoms with Gasteiger partial charge in [-0.05, 0) is 6.07 Å². The van der Waals surface area contributed by atoms with Crippen LogP contribution in [0, 0.1) is 32.9 Å². The van der Waals surface area contributed by atoms with Crippen molar-refractivity contribution < 1.29 is 4.92 Å². The van der Waals surface area contributed by atoms with E-state index in [1.54, 1.807) is 12.3 Å². The molecule has 11 nitrogen and oxygen atoms in total. The molecule has 11 heteroatoms. The van der Waals surface area contributed by atoms with Crippen molar-refractivity contribution in [1.29, 1.82) is 10.5 Å². The molecular weight excluding hydrogens is 338 g/mol. The number of nitrogens with one attached hydrogen (secondary N) is 2. The number of pyridine rings is 1. The number of fused-ring (bicyclic) bond motifs is 1. The van der Waals surface area contributed by atoms with Crippen LogP contribution in [0.1, 0.15) is 22.7 Å². The summed E-state index contributed by atoms with van der Waals surface area (Å²) in [6, 6.07) is 6.90. The molecule has 1 aromatic carbocycles. The number of hydrogen-bond donors (Lipinski definition) is 4. The van der Waals surface area contributed by atoms with Crippen LogP contribution in [0.15, 0.2) is 29.3 Å². The van der Waals surface area contributed by atoms with Gasteiger partial charge >= 0.3 is 0 Å². The SMILES string of the molecule is N#CNC1=NC(c2ccccc2[N+](=O)[O-])c2c(nc(N)c(C#N)c2N)N1. The first-order chi connectivity index (χ1) is 12.5. The lowest BCUT2D eigenvalue weighted by molar-refractivity contribution is -0.385. The Balaban J connectivity index is 2.31. The molecule has 0 fully saturated rings. The molecule has 0 aliphatic carbocycles. The van der Waals surface area contributed by atoms with E-state index in [1.807, 2.05) is 6.07 Å². The maximum atomic E-state index is 11.4. The molecular formula is C15H11N9O2. The molecule has 3 rings (SSSR count). The highest BCUT2D eigenvalue weighted by Gasteiger charge is 2.33. The predicted molar refractivity (Wildman–Crippen MR) is 92.5 cm³/mol. The van der Waals surface area contributed by atoms with Gasteiger partial charge in [-0.3, -0.25) is 15.4 Å². The van der Waals surface area contributed by atoms with Crippen LogP contribution in [0.25, 0.3) is 0 Å². The van der Waals surface area contributed by atoms with Crippen LogP contribution in [-0.4, -0.2) is 15.9 Å². The highest BCUT2D eigenvalue weighted by atomic mass is 16.6. The third-order valence-electron chi connectivity index (χ3n) is 3.79. The number of nitro benzene ring substituents is 1. The third kappa shape index (κ3) is 2.55. The standard InChI is InChI=1S/C15H11N9O2/c16-5-8-11(18)10-12(7-3-1-2-4-9(7)24(25)26)21-15(20-6-17)23-14(10)22-13(8)19/h1-4,12H,(H6,18,19,20,21,22,23). The maximum Gasteiger partial charge on any atom is 0.275 e. The van der Waals surface area contributed by atoms with E-state index in [0.29, 0.717) is 0 Å². The number of anilines is 3. The summed E-state index contributed by atoms with van der Waals surface area (Å²) < 4.78 is 0. The molecule has 1 aliphatic rings. The summed E-state index contributed by atoms with van der Waals surface area (Å²) in [5, 5.41) is 34.6. The Bertz CT molecular complexity index is 1030. The van der Waals surface area contributed by atoms with Gasteiger partial charge in [0.15, 0.2) is 6.19 Å². The summed E-state index contributed by atoms with van der Waals surface area (Å²) in [7, 11) is 0. The van der Waals surface area contributed by atoms with Gasteiger partial charge in [0.1, 0.15) is 29.3 Å². The Labute approximate surface area is 146 Å². The smallest absolute Gasteiger partial charge is 0.275 e. The molecule has 0 radical (unpaired) electrons. The van der Waals surface area contributed by atoms with E-state index >= 15 is 0 Å². The van der Waals surface area contributed by atoms with Crippen LogP contribution in [0.5, 0.6) is 0 Å². The van der Waals surface area contributed by atoms with E-state index in [0.717, 1.165) is 0 Å². The first kappa shape index (κ1) is 16.5. The summed E-state index contributed by atoms with van der Waals surface area (Å²) >= 11 is 0. The minimum atomic E-state index is -0.955. The van der Waals surface area contributed by atoms with Gasteiger partial charge < -0.3 is 16.8 Å². The number of nitrogens with two attached hydrogens (primary N) is 2. The number of para-hydroxylation sites is 1. The van der Waals surface area contributed by atoms with Crippen molar-refractivity contribution in [3.8, 4) is 12.3 Å². The number of nitriles is 2. The average molecular weight is 349 g/mol. The van der Waals surface area contributed by atoms with Gasteiger partial charge in [-0.15, -0.1) is 0 Å². The Morgan fingerprint density at radius 3 is 2.69 bits per heavy atom. The van der Waals surface area contributed by atoms with Crippen LogP contribution in [0.3, 0.4) is 0 Å². The summed E-state index contributed by atoms with van der Waals surface area (Å²) in [5.74, 6) is 0.0878.